The van der Waals surface area contributed by atoms with Crippen molar-refractivity contribution in [1.82, 2.24) is 0 Å². The molecule has 0 spiro atoms. The molecule has 3 nitrogen and oxygen atoms in total. The molecular formula is C18H19F2NO2. The molecule has 0 bridgehead atoms. The molecule has 0 saturated heterocycles. The molecule has 122 valence electrons. The first-order valence-electron chi connectivity index (χ1n) is 7.24. The van der Waals surface area contributed by atoms with Crippen LogP contribution in [0.25, 0.3) is 0 Å². The normalized spacial score (nSPS) is 11.2. The Morgan fingerprint density at radius 3 is 2.26 bits per heavy atom. The van der Waals surface area contributed by atoms with E-state index in [-0.39, 0.29) is 23.7 Å². The van der Waals surface area contributed by atoms with Gasteiger partial charge in [-0.1, -0.05) is 32.9 Å². The molecule has 0 aliphatic heterocycles. The molecule has 0 fully saturated rings. The van der Waals surface area contributed by atoms with Crippen LogP contribution in [0.1, 0.15) is 26.3 Å². The lowest BCUT2D eigenvalue weighted by atomic mass is 9.87. The highest BCUT2D eigenvalue weighted by Crippen LogP contribution is 2.23. The van der Waals surface area contributed by atoms with Gasteiger partial charge in [0, 0.05) is 11.8 Å². The number of anilines is 1. The molecule has 0 aromatic heterocycles. The Morgan fingerprint density at radius 1 is 1.04 bits per heavy atom. The van der Waals surface area contributed by atoms with E-state index < -0.39 is 11.6 Å². The summed E-state index contributed by atoms with van der Waals surface area (Å²) in [4.78, 5) is 11.8. The maximum absolute atomic E-state index is 13.0. The van der Waals surface area contributed by atoms with Gasteiger partial charge in [0.05, 0.1) is 0 Å². The highest BCUT2D eigenvalue weighted by atomic mass is 19.2. The molecule has 2 rings (SSSR count). The van der Waals surface area contributed by atoms with Crippen molar-refractivity contribution in [3.8, 4) is 5.75 Å². The molecule has 1 N–H and O–H groups in total. The summed E-state index contributed by atoms with van der Waals surface area (Å²) in [5, 5.41) is 2.69. The van der Waals surface area contributed by atoms with Crippen LogP contribution in [0.5, 0.6) is 5.75 Å². The van der Waals surface area contributed by atoms with E-state index in [1.807, 2.05) is 24.3 Å². The lowest BCUT2D eigenvalue weighted by Crippen LogP contribution is -2.20. The number of halogens is 2. The summed E-state index contributed by atoms with van der Waals surface area (Å²) < 4.78 is 31.0. The van der Waals surface area contributed by atoms with Crippen molar-refractivity contribution in [3.63, 3.8) is 0 Å². The van der Waals surface area contributed by atoms with Gasteiger partial charge < -0.3 is 10.1 Å². The van der Waals surface area contributed by atoms with Gasteiger partial charge in [-0.3, -0.25) is 4.79 Å². The van der Waals surface area contributed by atoms with Gasteiger partial charge in [0.15, 0.2) is 18.2 Å². The zero-order valence-electron chi connectivity index (χ0n) is 13.3. The summed E-state index contributed by atoms with van der Waals surface area (Å²) in [6.45, 7) is 6.04. The van der Waals surface area contributed by atoms with Gasteiger partial charge >= 0.3 is 0 Å². The molecular weight excluding hydrogens is 300 g/mol. The van der Waals surface area contributed by atoms with E-state index in [1.165, 1.54) is 6.07 Å². The molecule has 23 heavy (non-hydrogen) atoms. The third kappa shape index (κ3) is 4.77. The summed E-state index contributed by atoms with van der Waals surface area (Å²) in [5.74, 6) is -2.25. The number of amides is 1. The quantitative estimate of drug-likeness (QED) is 0.913. The highest BCUT2D eigenvalue weighted by Gasteiger charge is 2.13. The van der Waals surface area contributed by atoms with Gasteiger partial charge in [0.1, 0.15) is 5.75 Å². The molecule has 0 aliphatic rings. The third-order valence-corrected chi connectivity index (χ3v) is 3.30. The van der Waals surface area contributed by atoms with E-state index >= 15 is 0 Å². The first kappa shape index (κ1) is 16.9. The van der Waals surface area contributed by atoms with E-state index in [0.29, 0.717) is 5.69 Å². The lowest BCUT2D eigenvalue weighted by Gasteiger charge is -2.19. The van der Waals surface area contributed by atoms with Crippen molar-refractivity contribution >= 4 is 11.6 Å². The summed E-state index contributed by atoms with van der Waals surface area (Å²) in [7, 11) is 0. The molecule has 5 heteroatoms. The minimum absolute atomic E-state index is 0.0400. The molecule has 0 saturated carbocycles. The minimum Gasteiger partial charge on any atom is -0.484 e. The number of hydrogen-bond acceptors (Lipinski definition) is 2. The molecule has 0 atom stereocenters. The zero-order chi connectivity index (χ0) is 17.0. The Hall–Kier alpha value is -2.43. The summed E-state index contributed by atoms with van der Waals surface area (Å²) in [6, 6.07) is 10.7. The zero-order valence-corrected chi connectivity index (χ0v) is 13.3. The molecule has 2 aromatic rings. The van der Waals surface area contributed by atoms with Crippen LogP contribution in [-0.4, -0.2) is 12.5 Å². The second-order valence-electron chi connectivity index (χ2n) is 6.24. The van der Waals surface area contributed by atoms with Crippen LogP contribution >= 0.6 is 0 Å². The monoisotopic (exact) mass is 319 g/mol. The molecule has 0 radical (unpaired) electrons. The van der Waals surface area contributed by atoms with Crippen LogP contribution in [0, 0.1) is 11.6 Å². The van der Waals surface area contributed by atoms with Crippen molar-refractivity contribution in [1.29, 1.82) is 0 Å². The maximum Gasteiger partial charge on any atom is 0.262 e. The van der Waals surface area contributed by atoms with Crippen LogP contribution in [0.3, 0.4) is 0 Å². The van der Waals surface area contributed by atoms with Crippen LogP contribution in [0.2, 0.25) is 0 Å². The van der Waals surface area contributed by atoms with Crippen LogP contribution in [0.15, 0.2) is 42.5 Å². The van der Waals surface area contributed by atoms with Gasteiger partial charge in [0.25, 0.3) is 5.91 Å². The molecule has 2 aromatic carbocycles. The predicted molar refractivity (Wildman–Crippen MR) is 85.6 cm³/mol. The summed E-state index contributed by atoms with van der Waals surface area (Å²) >= 11 is 0. The molecule has 1 amide bonds. The number of carbonyl (C=O) groups is 1. The van der Waals surface area contributed by atoms with E-state index in [2.05, 4.69) is 26.1 Å². The number of benzene rings is 2. The first-order valence-corrected chi connectivity index (χ1v) is 7.24. The number of nitrogens with one attached hydrogen (secondary N) is 1. The highest BCUT2D eigenvalue weighted by molar-refractivity contribution is 5.91. The van der Waals surface area contributed by atoms with Crippen molar-refractivity contribution in [2.24, 2.45) is 0 Å². The Bertz CT molecular complexity index is 691. The van der Waals surface area contributed by atoms with Gasteiger partial charge in [-0.05, 0) is 35.2 Å². The SMILES string of the molecule is CC(C)(C)c1ccc(NC(=O)COc2ccc(F)c(F)c2)cc1. The minimum atomic E-state index is -1.01. The van der Waals surface area contributed by atoms with Crippen LogP contribution < -0.4 is 10.1 Å². The fourth-order valence-corrected chi connectivity index (χ4v) is 1.97. The van der Waals surface area contributed by atoms with Crippen molar-refractivity contribution in [2.75, 3.05) is 11.9 Å². The second kappa shape index (κ2) is 6.77. The van der Waals surface area contributed by atoms with Crippen LogP contribution in [-0.2, 0) is 10.2 Å². The largest absolute Gasteiger partial charge is 0.484 e. The standard InChI is InChI=1S/C18H19F2NO2/c1-18(2,3)12-4-6-13(7-5-12)21-17(22)11-23-14-8-9-15(19)16(20)10-14/h4-10H,11H2,1-3H3,(H,21,22). The number of carbonyl (C=O) groups excluding carboxylic acids is 1. The average Bonchev–Trinajstić information content (AvgIpc) is 2.48. The Kier molecular flexibility index (Phi) is 4.98. The molecule has 0 aliphatic carbocycles. The number of hydrogen-bond donors (Lipinski definition) is 1. The average molecular weight is 319 g/mol. The summed E-state index contributed by atoms with van der Waals surface area (Å²) in [5.41, 5.74) is 1.85. The van der Waals surface area contributed by atoms with E-state index in [4.69, 9.17) is 4.74 Å². The number of rotatable bonds is 4. The Morgan fingerprint density at radius 2 is 1.70 bits per heavy atom. The maximum atomic E-state index is 13.0. The van der Waals surface area contributed by atoms with Gasteiger partial charge in [-0.15, -0.1) is 0 Å². The van der Waals surface area contributed by atoms with Crippen molar-refractivity contribution in [2.45, 2.75) is 26.2 Å². The topological polar surface area (TPSA) is 38.3 Å². The van der Waals surface area contributed by atoms with Crippen molar-refractivity contribution in [3.05, 3.63) is 59.7 Å². The predicted octanol–water partition coefficient (Wildman–Crippen LogP) is 4.28. The van der Waals surface area contributed by atoms with E-state index in [1.54, 1.807) is 0 Å². The van der Waals surface area contributed by atoms with E-state index in [0.717, 1.165) is 17.7 Å². The van der Waals surface area contributed by atoms with Gasteiger partial charge in [-0.25, -0.2) is 8.78 Å². The number of ether oxygens (including phenoxy) is 1. The smallest absolute Gasteiger partial charge is 0.262 e. The van der Waals surface area contributed by atoms with Crippen molar-refractivity contribution < 1.29 is 18.3 Å². The van der Waals surface area contributed by atoms with Gasteiger partial charge in [0.2, 0.25) is 0 Å². The Balaban J connectivity index is 1.90. The fraction of sp³-hybridized carbons (Fsp3) is 0.278. The van der Waals surface area contributed by atoms with Crippen LogP contribution in [0.4, 0.5) is 14.5 Å². The second-order valence-corrected chi connectivity index (χ2v) is 6.24. The molecule has 0 heterocycles. The van der Waals surface area contributed by atoms with Gasteiger partial charge in [-0.2, -0.15) is 0 Å². The summed E-state index contributed by atoms with van der Waals surface area (Å²) in [6.07, 6.45) is 0. The fourth-order valence-electron chi connectivity index (χ4n) is 1.97. The third-order valence-electron chi connectivity index (χ3n) is 3.30. The van der Waals surface area contributed by atoms with E-state index in [9.17, 15) is 13.6 Å². The Labute approximate surface area is 134 Å². The molecule has 0 unspecified atom stereocenters. The lowest BCUT2D eigenvalue weighted by molar-refractivity contribution is -0.118. The first-order chi connectivity index (χ1) is 10.8.